The molecule has 14 nitrogen and oxygen atoms in total. The molecule has 5 radical (unpaired) electrons. The van der Waals surface area contributed by atoms with Crippen LogP contribution < -0.4 is 5.19 Å². The van der Waals surface area contributed by atoms with Crippen molar-refractivity contribution in [2.45, 2.75) is 158 Å². The Labute approximate surface area is 901 Å². The van der Waals surface area contributed by atoms with Crippen molar-refractivity contribution in [2.75, 3.05) is 0 Å². The third-order valence-electron chi connectivity index (χ3n) is 20.2. The molecule has 20 heteroatoms. The largest absolute Gasteiger partial charge is 0.512 e. The first-order valence-corrected chi connectivity index (χ1v) is 48.3. The van der Waals surface area contributed by atoms with Crippen molar-refractivity contribution in [2.24, 2.45) is 0 Å². The molecule has 6 heterocycles. The maximum Gasteiger partial charge on any atom is 0.155 e. The number of allylic oxidation sites excluding steroid dienone is 8. The molecular formula is C121H122Ir5N6O8Si-6. The summed E-state index contributed by atoms with van der Waals surface area (Å²) in [7, 11) is -1.28. The molecule has 0 amide bonds. The fourth-order valence-electron chi connectivity index (χ4n) is 14.7. The topological polar surface area (TPSA) is 227 Å². The van der Waals surface area contributed by atoms with Gasteiger partial charge in [0.25, 0.3) is 0 Å². The number of hydrogen-bond donors (Lipinski definition) is 4. The van der Waals surface area contributed by atoms with E-state index in [0.29, 0.717) is 0 Å². The van der Waals surface area contributed by atoms with E-state index in [1.165, 1.54) is 173 Å². The predicted molar refractivity (Wildman–Crippen MR) is 567 cm³/mol. The van der Waals surface area contributed by atoms with Crippen LogP contribution in [0.3, 0.4) is 0 Å². The zero-order chi connectivity index (χ0) is 99.5. The average Bonchev–Trinajstić information content (AvgIpc) is 0.778. The number of pyridine rings is 6. The second kappa shape index (κ2) is 60.9. The van der Waals surface area contributed by atoms with Crippen molar-refractivity contribution in [3.63, 3.8) is 0 Å². The fraction of sp³-hybridized carbons (Fsp3) is 0.190. The molecule has 0 saturated carbocycles. The Morgan fingerprint density at radius 1 is 0.284 bits per heavy atom. The molecule has 0 spiro atoms. The first-order chi connectivity index (χ1) is 64.5. The van der Waals surface area contributed by atoms with E-state index in [4.69, 9.17) is 35.4 Å². The summed E-state index contributed by atoms with van der Waals surface area (Å²) in [6, 6.07) is 107. The van der Waals surface area contributed by atoms with E-state index < -0.39 is 8.07 Å². The van der Waals surface area contributed by atoms with Crippen molar-refractivity contribution in [1.82, 2.24) is 29.9 Å². The number of hydrogen-bond acceptors (Lipinski definition) is 14. The minimum absolute atomic E-state index is 0. The predicted octanol–water partition coefficient (Wildman–Crippen LogP) is 29.4. The third kappa shape index (κ3) is 42.3. The van der Waals surface area contributed by atoms with E-state index in [2.05, 4.69) is 306 Å². The summed E-state index contributed by atoms with van der Waals surface area (Å²) in [4.78, 5) is 67.8. The molecule has 739 valence electrons. The minimum Gasteiger partial charge on any atom is -0.512 e. The van der Waals surface area contributed by atoms with E-state index in [0.717, 1.165) is 101 Å². The van der Waals surface area contributed by atoms with Crippen LogP contribution >= 0.6 is 0 Å². The van der Waals surface area contributed by atoms with Gasteiger partial charge in [-0.05, 0) is 203 Å². The maximum atomic E-state index is 10.0. The number of carbonyl (C=O) groups excluding carboxylic acids is 4. The van der Waals surface area contributed by atoms with E-state index in [9.17, 15) is 19.2 Å². The molecule has 4 N–H and O–H groups in total. The smallest absolute Gasteiger partial charge is 0.155 e. The first kappa shape index (κ1) is 123. The van der Waals surface area contributed by atoms with E-state index in [1.807, 2.05) is 116 Å². The number of fused-ring (bicyclic) bond motifs is 5. The van der Waals surface area contributed by atoms with Crippen molar-refractivity contribution >= 4 is 90.6 Å². The standard InChI is InChI=1S/C20H22NSi.C20H20N.C19H18N.C16H12N.C15H10N.C11H8N.4C5H8O2.5Ir/c1-14-10-15(2)12-17(11-14)20-8-6-16-13-18(22(3,4)5)7-9-19(16)21-20;1-12-6-13(2)9-17(8-12)18-11-16(5)20-15(4)7-14(3)10-19(20)21-18;1-12-7-13(2)10-16(9-12)18-6-5-17-15(4)8-14(3)11-19(17)20-18;1-12-5-4-8-14(9-12)16-10-13-6-2-3-7-15(13)11-17-16;1-2-6-12(7-3-1)15-10-13-8-4-5-9-14(13)11-16-15;1-2-6-10(7-3-1)11-8-4-5-9-12-11;4*1-4(6)3-5(2)7;;;;;/h6-11,13H,1-5H3;6-8,10-11H,1-5H3;5-9,11H,1-4H3;2-7,9-11H,1H3;1-6,8-11H;1-6,8-9H;4*3,6H,1-2H3;;;;;/q6*-1;;;;;;;;;. The van der Waals surface area contributed by atoms with Crippen molar-refractivity contribution in [3.05, 3.63) is 424 Å². The summed E-state index contributed by atoms with van der Waals surface area (Å²) in [5.41, 5.74) is 30.3. The molecule has 0 aliphatic rings. The first-order valence-electron chi connectivity index (χ1n) is 44.8. The average molecular weight is 2780 g/mol. The molecule has 0 bridgehead atoms. The zero-order valence-corrected chi connectivity index (χ0v) is 97.0. The van der Waals surface area contributed by atoms with Crippen LogP contribution in [0.2, 0.25) is 19.6 Å². The zero-order valence-electron chi connectivity index (χ0n) is 84.1. The van der Waals surface area contributed by atoms with Crippen LogP contribution in [0.1, 0.15) is 122 Å². The molecule has 17 aromatic rings. The molecule has 0 fully saturated rings. The molecule has 141 heavy (non-hydrogen) atoms. The SMILES string of the molecule is CC(=O)C=C(C)O.CC(=O)C=C(C)O.CC(=O)C=C(C)O.CC(=O)C=C(C)O.Cc1[c-]c(-c2cc(C)c3c(C)cc(C)cc3n2)cc(C)c1.Cc1[c-]c(-c2ccc3c(C)cc(C)cc3n2)cc(C)c1.Cc1[c-]c(-c2ccc3cc([Si](C)(C)C)ccc3n2)cc(C)c1.Cc1cc[c-]c(-c2cc3ccccc3cn2)c1.[Ir].[Ir].[Ir].[Ir].[Ir].[c-]1ccccc1-c1cc2ccccc2cn1.[c-]1ccccc1-c1ccccn1. The molecule has 0 aliphatic heterocycles. The number of aliphatic hydroxyl groups excluding tert-OH is 4. The molecular weight excluding hydrogens is 2650 g/mol. The van der Waals surface area contributed by atoms with Crippen LogP contribution in [-0.4, -0.2) is 81.5 Å². The molecule has 0 aliphatic carbocycles. The normalized spacial score (nSPS) is 10.6. The van der Waals surface area contributed by atoms with Crippen LogP contribution in [0.5, 0.6) is 0 Å². The number of ketones is 4. The number of aliphatic hydroxyl groups is 4. The summed E-state index contributed by atoms with van der Waals surface area (Å²) in [6.45, 7) is 43.9. The summed E-state index contributed by atoms with van der Waals surface area (Å²) >= 11 is 0. The van der Waals surface area contributed by atoms with Gasteiger partial charge in [-0.3, -0.25) is 34.1 Å². The van der Waals surface area contributed by atoms with Gasteiger partial charge in [0.05, 0.1) is 47.7 Å². The quantitative estimate of drug-likeness (QED) is 0.0409. The van der Waals surface area contributed by atoms with Crippen molar-refractivity contribution in [1.29, 1.82) is 0 Å². The Morgan fingerprint density at radius 3 is 1.07 bits per heavy atom. The maximum absolute atomic E-state index is 10.0. The Bertz CT molecular complexity index is 6940. The summed E-state index contributed by atoms with van der Waals surface area (Å²) in [5.74, 6) is -0.250. The van der Waals surface area contributed by atoms with Gasteiger partial charge in [-0.2, -0.15) is 0 Å². The molecule has 0 saturated heterocycles. The van der Waals surface area contributed by atoms with Crippen LogP contribution in [-0.2, 0) is 120 Å². The Kier molecular flexibility index (Phi) is 53.2. The molecule has 11 aromatic carbocycles. The number of nitrogens with zero attached hydrogens (tertiary/aromatic N) is 6. The number of rotatable bonds is 11. The number of aryl methyl sites for hydroxylation is 12. The van der Waals surface area contributed by atoms with Gasteiger partial charge in [-0.15, -0.1) is 212 Å². The van der Waals surface area contributed by atoms with E-state index in [1.54, 1.807) is 6.20 Å². The van der Waals surface area contributed by atoms with Crippen LogP contribution in [0, 0.1) is 119 Å². The van der Waals surface area contributed by atoms with Gasteiger partial charge in [0, 0.05) is 154 Å². The second-order valence-corrected chi connectivity index (χ2v) is 39.8. The van der Waals surface area contributed by atoms with E-state index >= 15 is 0 Å². The Balaban J connectivity index is 0.000000412. The fourth-order valence-corrected chi connectivity index (χ4v) is 15.9. The van der Waals surface area contributed by atoms with Crippen LogP contribution in [0.25, 0.3) is 122 Å². The monoisotopic (exact) mass is 2780 g/mol. The number of aromatic nitrogens is 6. The van der Waals surface area contributed by atoms with Gasteiger partial charge in [0.1, 0.15) is 0 Å². The van der Waals surface area contributed by atoms with Gasteiger partial charge in [0.2, 0.25) is 0 Å². The third-order valence-corrected chi connectivity index (χ3v) is 22.3. The van der Waals surface area contributed by atoms with Crippen molar-refractivity contribution in [3.8, 4) is 67.5 Å². The molecule has 17 rings (SSSR count). The van der Waals surface area contributed by atoms with Gasteiger partial charge in [-0.25, -0.2) is 0 Å². The summed E-state index contributed by atoms with van der Waals surface area (Å²) < 4.78 is 0. The van der Waals surface area contributed by atoms with Crippen LogP contribution in [0.15, 0.2) is 321 Å². The van der Waals surface area contributed by atoms with E-state index in [-0.39, 0.29) is 147 Å². The molecule has 0 unspecified atom stereocenters. The number of carbonyl (C=O) groups is 4. The number of benzene rings is 11. The second-order valence-electron chi connectivity index (χ2n) is 34.7. The van der Waals surface area contributed by atoms with Gasteiger partial charge in [0.15, 0.2) is 23.1 Å². The Morgan fingerprint density at radius 2 is 0.660 bits per heavy atom. The minimum atomic E-state index is -1.28. The van der Waals surface area contributed by atoms with Gasteiger partial charge >= 0.3 is 0 Å². The summed E-state index contributed by atoms with van der Waals surface area (Å²) in [5, 5.41) is 43.4. The van der Waals surface area contributed by atoms with Gasteiger partial charge in [-0.1, -0.05) is 201 Å². The summed E-state index contributed by atoms with van der Waals surface area (Å²) in [6.07, 6.45) is 10.3. The van der Waals surface area contributed by atoms with Crippen molar-refractivity contribution < 1.29 is 140 Å². The Hall–Kier alpha value is -12.1. The van der Waals surface area contributed by atoms with Crippen LogP contribution in [0.4, 0.5) is 0 Å². The molecule has 6 aromatic heterocycles. The van der Waals surface area contributed by atoms with Gasteiger partial charge < -0.3 is 35.4 Å². The molecule has 0 atom stereocenters.